The van der Waals surface area contributed by atoms with E-state index in [2.05, 4.69) is 35.1 Å². The molecular formula is C19H31N3O. The summed E-state index contributed by atoms with van der Waals surface area (Å²) < 4.78 is 0. The zero-order chi connectivity index (χ0) is 16.7. The summed E-state index contributed by atoms with van der Waals surface area (Å²) in [4.78, 5) is 18.9. The number of aryl methyl sites for hydroxylation is 1. The second-order valence-electron chi connectivity index (χ2n) is 6.99. The lowest BCUT2D eigenvalue weighted by Gasteiger charge is -2.25. The molecule has 0 aromatic carbocycles. The number of rotatable bonds is 6. The molecule has 0 unspecified atom stereocenters. The lowest BCUT2D eigenvalue weighted by molar-refractivity contribution is -0.123. The Bertz CT molecular complexity index is 495. The van der Waals surface area contributed by atoms with Gasteiger partial charge >= 0.3 is 0 Å². The summed E-state index contributed by atoms with van der Waals surface area (Å²) in [6.45, 7) is 4.71. The Labute approximate surface area is 140 Å². The van der Waals surface area contributed by atoms with Gasteiger partial charge in [0.1, 0.15) is 0 Å². The molecule has 1 aliphatic rings. The number of likely N-dealkylation sites (N-methyl/N-ethyl adjacent to an activating group) is 1. The molecule has 1 aliphatic carbocycles. The number of pyridine rings is 1. The first-order valence-electron chi connectivity index (χ1n) is 8.96. The van der Waals surface area contributed by atoms with Crippen molar-refractivity contribution in [1.82, 2.24) is 15.2 Å². The first kappa shape index (κ1) is 17.9. The third-order valence-electron chi connectivity index (χ3n) is 4.97. The molecule has 2 rings (SSSR count). The van der Waals surface area contributed by atoms with Crippen molar-refractivity contribution in [3.05, 3.63) is 29.6 Å². The third-order valence-corrected chi connectivity index (χ3v) is 4.97. The lowest BCUT2D eigenvalue weighted by atomic mass is 10.1. The Morgan fingerprint density at radius 2 is 2.04 bits per heavy atom. The average molecular weight is 317 g/mol. The molecule has 128 valence electrons. The molecule has 0 aliphatic heterocycles. The first-order chi connectivity index (χ1) is 11.1. The zero-order valence-electron chi connectivity index (χ0n) is 14.8. The second kappa shape index (κ2) is 9.02. The van der Waals surface area contributed by atoms with Crippen molar-refractivity contribution in [3.8, 4) is 0 Å². The summed E-state index contributed by atoms with van der Waals surface area (Å²) in [5, 5.41) is 3.22. The molecule has 1 atom stereocenters. The van der Waals surface area contributed by atoms with Crippen LogP contribution in [0.4, 0.5) is 0 Å². The Kier molecular flexibility index (Phi) is 7.03. The molecule has 1 heterocycles. The van der Waals surface area contributed by atoms with E-state index in [1.165, 1.54) is 31.2 Å². The summed E-state index contributed by atoms with van der Waals surface area (Å²) in [6, 6.07) is 4.73. The Balaban J connectivity index is 1.79. The minimum absolute atomic E-state index is 0.156. The standard InChI is InChI=1S/C19H31N3O/c1-15-9-8-12-20-18(15)13-16(2)22(3)14-19(23)21-17-10-6-4-5-7-11-17/h8-9,12,16-17H,4-7,10-11,13-14H2,1-3H3,(H,21,23)/t16-/m0/s1. The Morgan fingerprint density at radius 1 is 1.35 bits per heavy atom. The molecule has 1 saturated carbocycles. The number of amides is 1. The van der Waals surface area contributed by atoms with Gasteiger partial charge in [0.25, 0.3) is 0 Å². The van der Waals surface area contributed by atoms with E-state index < -0.39 is 0 Å². The van der Waals surface area contributed by atoms with Gasteiger partial charge in [0.15, 0.2) is 0 Å². The van der Waals surface area contributed by atoms with Gasteiger partial charge in [-0.25, -0.2) is 0 Å². The summed E-state index contributed by atoms with van der Waals surface area (Å²) in [7, 11) is 2.02. The first-order valence-corrected chi connectivity index (χ1v) is 8.96. The van der Waals surface area contributed by atoms with Crippen LogP contribution < -0.4 is 5.32 Å². The number of hydrogen-bond acceptors (Lipinski definition) is 3. The van der Waals surface area contributed by atoms with Crippen molar-refractivity contribution in [1.29, 1.82) is 0 Å². The zero-order valence-corrected chi connectivity index (χ0v) is 14.8. The summed E-state index contributed by atoms with van der Waals surface area (Å²) in [5.74, 6) is 0.156. The maximum Gasteiger partial charge on any atom is 0.234 e. The highest BCUT2D eigenvalue weighted by Gasteiger charge is 2.18. The minimum atomic E-state index is 0.156. The lowest BCUT2D eigenvalue weighted by Crippen LogP contribution is -2.43. The van der Waals surface area contributed by atoms with E-state index in [1.807, 2.05) is 19.3 Å². The van der Waals surface area contributed by atoms with E-state index >= 15 is 0 Å². The van der Waals surface area contributed by atoms with Crippen LogP contribution in [0.1, 0.15) is 56.7 Å². The van der Waals surface area contributed by atoms with Crippen LogP contribution in [0.5, 0.6) is 0 Å². The van der Waals surface area contributed by atoms with Crippen LogP contribution >= 0.6 is 0 Å². The largest absolute Gasteiger partial charge is 0.352 e. The fraction of sp³-hybridized carbons (Fsp3) is 0.684. The number of aromatic nitrogens is 1. The molecule has 4 heteroatoms. The smallest absolute Gasteiger partial charge is 0.234 e. The molecule has 1 N–H and O–H groups in total. The predicted molar refractivity (Wildman–Crippen MR) is 94.4 cm³/mol. The summed E-state index contributed by atoms with van der Waals surface area (Å²) in [6.07, 6.45) is 10.1. The van der Waals surface area contributed by atoms with Crippen LogP contribution in [-0.4, -0.2) is 41.5 Å². The van der Waals surface area contributed by atoms with Gasteiger partial charge in [-0.15, -0.1) is 0 Å². The highest BCUT2D eigenvalue weighted by Crippen LogP contribution is 2.17. The number of nitrogens with zero attached hydrogens (tertiary/aromatic N) is 2. The fourth-order valence-electron chi connectivity index (χ4n) is 3.25. The van der Waals surface area contributed by atoms with Gasteiger partial charge in [0.2, 0.25) is 5.91 Å². The SMILES string of the molecule is Cc1cccnc1C[C@H](C)N(C)CC(=O)NC1CCCCCC1. The van der Waals surface area contributed by atoms with Crippen molar-refractivity contribution in [2.45, 2.75) is 70.9 Å². The van der Waals surface area contributed by atoms with Gasteiger partial charge < -0.3 is 5.32 Å². The number of carbonyl (C=O) groups excluding carboxylic acids is 1. The average Bonchev–Trinajstić information content (AvgIpc) is 2.78. The Hall–Kier alpha value is -1.42. The van der Waals surface area contributed by atoms with Crippen molar-refractivity contribution in [3.63, 3.8) is 0 Å². The quantitative estimate of drug-likeness (QED) is 0.820. The summed E-state index contributed by atoms with van der Waals surface area (Å²) in [5.41, 5.74) is 2.34. The van der Waals surface area contributed by atoms with Gasteiger partial charge in [-0.1, -0.05) is 31.7 Å². The number of hydrogen-bond donors (Lipinski definition) is 1. The normalized spacial score (nSPS) is 17.7. The number of nitrogens with one attached hydrogen (secondary N) is 1. The molecule has 1 aromatic heterocycles. The van der Waals surface area contributed by atoms with E-state index in [0.29, 0.717) is 18.6 Å². The van der Waals surface area contributed by atoms with E-state index in [4.69, 9.17) is 0 Å². The van der Waals surface area contributed by atoms with Crippen molar-refractivity contribution < 1.29 is 4.79 Å². The molecule has 1 amide bonds. The van der Waals surface area contributed by atoms with Crippen LogP contribution in [0.3, 0.4) is 0 Å². The molecule has 0 spiro atoms. The second-order valence-corrected chi connectivity index (χ2v) is 6.99. The summed E-state index contributed by atoms with van der Waals surface area (Å²) >= 11 is 0. The highest BCUT2D eigenvalue weighted by atomic mass is 16.2. The molecule has 23 heavy (non-hydrogen) atoms. The van der Waals surface area contributed by atoms with Gasteiger partial charge in [-0.3, -0.25) is 14.7 Å². The van der Waals surface area contributed by atoms with Crippen molar-refractivity contribution in [2.75, 3.05) is 13.6 Å². The topological polar surface area (TPSA) is 45.2 Å². The van der Waals surface area contributed by atoms with Crippen LogP contribution in [0, 0.1) is 6.92 Å². The molecule has 0 saturated heterocycles. The molecule has 0 radical (unpaired) electrons. The van der Waals surface area contributed by atoms with Gasteiger partial charge in [-0.2, -0.15) is 0 Å². The molecule has 1 fully saturated rings. The van der Waals surface area contributed by atoms with E-state index in [0.717, 1.165) is 25.0 Å². The van der Waals surface area contributed by atoms with Crippen LogP contribution in [0.15, 0.2) is 18.3 Å². The van der Waals surface area contributed by atoms with Crippen molar-refractivity contribution in [2.24, 2.45) is 0 Å². The molecular weight excluding hydrogens is 286 g/mol. The van der Waals surface area contributed by atoms with Crippen LogP contribution in [0.2, 0.25) is 0 Å². The van der Waals surface area contributed by atoms with Crippen LogP contribution in [-0.2, 0) is 11.2 Å². The maximum atomic E-state index is 12.3. The predicted octanol–water partition coefficient (Wildman–Crippen LogP) is 3.09. The minimum Gasteiger partial charge on any atom is -0.352 e. The van der Waals surface area contributed by atoms with Gasteiger partial charge in [0, 0.05) is 30.4 Å². The Morgan fingerprint density at radius 3 is 2.70 bits per heavy atom. The molecule has 1 aromatic rings. The van der Waals surface area contributed by atoms with Gasteiger partial charge in [-0.05, 0) is 45.4 Å². The fourth-order valence-corrected chi connectivity index (χ4v) is 3.25. The van der Waals surface area contributed by atoms with Crippen molar-refractivity contribution >= 4 is 5.91 Å². The molecule has 0 bridgehead atoms. The monoisotopic (exact) mass is 317 g/mol. The van der Waals surface area contributed by atoms with Crippen LogP contribution in [0.25, 0.3) is 0 Å². The van der Waals surface area contributed by atoms with E-state index in [9.17, 15) is 4.79 Å². The highest BCUT2D eigenvalue weighted by molar-refractivity contribution is 5.78. The van der Waals surface area contributed by atoms with E-state index in [-0.39, 0.29) is 5.91 Å². The maximum absolute atomic E-state index is 12.3. The number of carbonyl (C=O) groups is 1. The van der Waals surface area contributed by atoms with E-state index in [1.54, 1.807) is 0 Å². The third kappa shape index (κ3) is 5.94. The molecule has 4 nitrogen and oxygen atoms in total. The van der Waals surface area contributed by atoms with Gasteiger partial charge in [0.05, 0.1) is 6.54 Å².